The molecule has 4 aromatic rings. The second-order valence-electron chi connectivity index (χ2n) is 18.4. The number of hydrogen-bond donors (Lipinski definition) is 6. The Hall–Kier alpha value is -7.55. The van der Waals surface area contributed by atoms with Gasteiger partial charge in [0.25, 0.3) is 11.5 Å². The number of nitrogens with zero attached hydrogens (tertiary/aromatic N) is 3. The minimum atomic E-state index is -1.08. The van der Waals surface area contributed by atoms with E-state index < -0.39 is 90.5 Å². The molecule has 374 valence electrons. The van der Waals surface area contributed by atoms with Crippen LogP contribution in [0.25, 0.3) is 22.3 Å². The molecule has 4 aliphatic rings. The number of carbonyl (C=O) groups is 8. The Balaban J connectivity index is 0.864. The second-order valence-corrected chi connectivity index (χ2v) is 18.4. The number of amides is 7. The minimum Gasteiger partial charge on any atom is -0.460 e. The molecule has 2 aromatic carbocycles. The Bertz CT molecular complexity index is 2930. The molecular formula is C50H56FN9O11. The lowest BCUT2D eigenvalue weighted by Crippen LogP contribution is -2.52. The zero-order valence-corrected chi connectivity index (χ0v) is 39.9. The van der Waals surface area contributed by atoms with Crippen LogP contribution in [0, 0.1) is 12.7 Å². The monoisotopic (exact) mass is 977 g/mol. The summed E-state index contributed by atoms with van der Waals surface area (Å²) in [6.07, 6.45) is 2.24. The Labute approximate surface area is 407 Å². The molecular weight excluding hydrogens is 922 g/mol. The van der Waals surface area contributed by atoms with Crippen molar-refractivity contribution in [1.82, 2.24) is 46.5 Å². The van der Waals surface area contributed by atoms with E-state index in [0.29, 0.717) is 75.8 Å². The van der Waals surface area contributed by atoms with Crippen molar-refractivity contribution in [2.75, 3.05) is 32.8 Å². The molecule has 1 saturated heterocycles. The molecule has 7 amide bonds. The molecule has 71 heavy (non-hydrogen) atoms. The SMILES string of the molecule is CCC(=O)NCC(=O)NC(Cc1ccccc1)C(=O)NCC(=O)NCC(=O)N1CCCC1C(=O)NOCC(=O)N[C@H]1CCc2c(C)c(F)cc3nc4c(c1c23)Cn1c-4cc2c(c1=O)COC(=O)[C@]2(C)CC. The molecule has 1 fully saturated rings. The Morgan fingerprint density at radius 3 is 2.41 bits per heavy atom. The molecule has 21 heteroatoms. The molecule has 6 N–H and O–H groups in total. The number of esters is 1. The number of likely N-dealkylation sites (tertiary alicyclic amines) is 1. The van der Waals surface area contributed by atoms with E-state index in [-0.39, 0.29) is 57.0 Å². The highest BCUT2D eigenvalue weighted by Crippen LogP contribution is 2.46. The molecule has 20 nitrogen and oxygen atoms in total. The number of halogens is 1. The van der Waals surface area contributed by atoms with Gasteiger partial charge < -0.3 is 40.8 Å². The number of ether oxygens (including phenoxy) is 1. The molecule has 8 rings (SSSR count). The fourth-order valence-electron chi connectivity index (χ4n) is 9.91. The number of hydrogen-bond acceptors (Lipinski definition) is 12. The van der Waals surface area contributed by atoms with Crippen molar-refractivity contribution in [3.63, 3.8) is 0 Å². The lowest BCUT2D eigenvalue weighted by atomic mass is 9.76. The molecule has 1 aliphatic carbocycles. The molecule has 0 spiro atoms. The summed E-state index contributed by atoms with van der Waals surface area (Å²) in [6.45, 7) is 5.15. The third-order valence-electron chi connectivity index (χ3n) is 14.0. The van der Waals surface area contributed by atoms with Crippen molar-refractivity contribution in [1.29, 1.82) is 0 Å². The number of fused-ring (bicyclic) bond motifs is 5. The summed E-state index contributed by atoms with van der Waals surface area (Å²) in [5, 5.41) is 13.7. The molecule has 2 unspecified atom stereocenters. The van der Waals surface area contributed by atoms with Crippen molar-refractivity contribution in [2.24, 2.45) is 0 Å². The lowest BCUT2D eigenvalue weighted by molar-refractivity contribution is -0.153. The lowest BCUT2D eigenvalue weighted by Gasteiger charge is -2.33. The topological polar surface area (TPSA) is 265 Å². The third-order valence-corrected chi connectivity index (χ3v) is 14.0. The molecule has 4 atom stereocenters. The van der Waals surface area contributed by atoms with Gasteiger partial charge in [-0.3, -0.25) is 48.0 Å². The van der Waals surface area contributed by atoms with Gasteiger partial charge in [0.15, 0.2) is 6.61 Å². The Kier molecular flexibility index (Phi) is 14.6. The highest BCUT2D eigenvalue weighted by Gasteiger charge is 2.44. The average molecular weight is 978 g/mol. The summed E-state index contributed by atoms with van der Waals surface area (Å²) >= 11 is 0. The maximum atomic E-state index is 15.4. The zero-order valence-electron chi connectivity index (χ0n) is 39.9. The van der Waals surface area contributed by atoms with Gasteiger partial charge in [0.05, 0.1) is 60.1 Å². The van der Waals surface area contributed by atoms with Gasteiger partial charge in [-0.05, 0) is 79.8 Å². The third kappa shape index (κ3) is 10.1. The number of nitrogens with one attached hydrogen (secondary N) is 6. The van der Waals surface area contributed by atoms with E-state index in [1.165, 1.54) is 11.0 Å². The molecule has 0 radical (unpaired) electrons. The summed E-state index contributed by atoms with van der Waals surface area (Å²) < 4.78 is 22.4. The maximum Gasteiger partial charge on any atom is 0.316 e. The van der Waals surface area contributed by atoms with Gasteiger partial charge in [0, 0.05) is 36.4 Å². The predicted molar refractivity (Wildman–Crippen MR) is 252 cm³/mol. The first-order chi connectivity index (χ1) is 34.0. The van der Waals surface area contributed by atoms with E-state index in [1.54, 1.807) is 55.7 Å². The average Bonchev–Trinajstić information content (AvgIpc) is 4.01. The van der Waals surface area contributed by atoms with E-state index in [1.807, 2.05) is 13.0 Å². The first-order valence-electron chi connectivity index (χ1n) is 23.8. The number of aromatic nitrogens is 2. The number of benzene rings is 2. The number of aryl methyl sites for hydroxylation is 1. The number of pyridine rings is 2. The van der Waals surface area contributed by atoms with Crippen LogP contribution in [-0.4, -0.2) is 107 Å². The summed E-state index contributed by atoms with van der Waals surface area (Å²) in [5.74, 6) is -5.00. The van der Waals surface area contributed by atoms with Gasteiger partial charge in [-0.1, -0.05) is 44.2 Å². The van der Waals surface area contributed by atoms with Crippen LogP contribution in [-0.2, 0) is 79.3 Å². The van der Waals surface area contributed by atoms with E-state index >= 15 is 4.39 Å². The van der Waals surface area contributed by atoms with Crippen LogP contribution < -0.4 is 37.6 Å². The number of hydroxylamine groups is 1. The summed E-state index contributed by atoms with van der Waals surface area (Å²) in [6, 6.07) is 9.39. The Morgan fingerprint density at radius 2 is 1.66 bits per heavy atom. The zero-order chi connectivity index (χ0) is 50.7. The van der Waals surface area contributed by atoms with Crippen LogP contribution in [0.15, 0.2) is 47.3 Å². The first kappa shape index (κ1) is 49.9. The normalized spacial score (nSPS) is 18.8. The number of carbonyl (C=O) groups excluding carboxylic acids is 8. The van der Waals surface area contributed by atoms with Crippen LogP contribution in [0.4, 0.5) is 4.39 Å². The quantitative estimate of drug-likeness (QED) is 0.0568. The smallest absolute Gasteiger partial charge is 0.316 e. The van der Waals surface area contributed by atoms with Crippen LogP contribution in [0.1, 0.15) is 97.9 Å². The van der Waals surface area contributed by atoms with Crippen LogP contribution in [0.3, 0.4) is 0 Å². The van der Waals surface area contributed by atoms with Gasteiger partial charge in [0.1, 0.15) is 24.5 Å². The molecule has 3 aliphatic heterocycles. The standard InChI is InChI=1S/C50H56FN9O11/c1-5-38(61)52-21-40(63)56-35(17-27-11-8-7-9-12-27)46(66)54-20-39(62)53-22-42(65)59-16-10-13-36(59)47(67)58-71-25-41(64)55-33-15-14-28-26(3)32(51)19-34-43(28)44(33)29-23-60-37(45(29)57-34)18-31-30(48(60)68)24-70-49(69)50(31,4)6-2/h7-9,11-12,18-19,33,35-36H,5-6,10,13-17,20-25H2,1-4H3,(H,52,61)(H,53,62)(H,54,66)(H,55,64)(H,56,63)(H,58,67)/t33-,35?,36?,50+/m0/s1. The van der Waals surface area contributed by atoms with Crippen LogP contribution in [0.2, 0.25) is 0 Å². The fraction of sp³-hybridized carbons (Fsp3) is 0.440. The minimum absolute atomic E-state index is 0.102. The van der Waals surface area contributed by atoms with E-state index in [4.69, 9.17) is 14.6 Å². The summed E-state index contributed by atoms with van der Waals surface area (Å²) in [5.41, 5.74) is 6.48. The second kappa shape index (κ2) is 20.8. The Morgan fingerprint density at radius 1 is 0.915 bits per heavy atom. The van der Waals surface area contributed by atoms with Gasteiger partial charge in [0.2, 0.25) is 35.4 Å². The maximum absolute atomic E-state index is 15.4. The van der Waals surface area contributed by atoms with Gasteiger partial charge in [-0.25, -0.2) is 14.9 Å². The predicted octanol–water partition coefficient (Wildman–Crippen LogP) is 1.23. The fourth-order valence-corrected chi connectivity index (χ4v) is 9.91. The van der Waals surface area contributed by atoms with Gasteiger partial charge in [-0.2, -0.15) is 0 Å². The van der Waals surface area contributed by atoms with E-state index in [2.05, 4.69) is 32.1 Å². The molecule has 5 heterocycles. The number of rotatable bonds is 17. The van der Waals surface area contributed by atoms with E-state index in [9.17, 15) is 43.2 Å². The van der Waals surface area contributed by atoms with Crippen molar-refractivity contribution >= 4 is 58.2 Å². The highest BCUT2D eigenvalue weighted by molar-refractivity contribution is 5.96. The van der Waals surface area contributed by atoms with Crippen molar-refractivity contribution in [2.45, 2.75) is 109 Å². The summed E-state index contributed by atoms with van der Waals surface area (Å²) in [7, 11) is 0. The van der Waals surface area contributed by atoms with Crippen LogP contribution in [0.5, 0.6) is 0 Å². The largest absolute Gasteiger partial charge is 0.460 e. The van der Waals surface area contributed by atoms with Crippen molar-refractivity contribution in [3.8, 4) is 11.4 Å². The van der Waals surface area contributed by atoms with E-state index in [0.717, 1.165) is 11.1 Å². The summed E-state index contributed by atoms with van der Waals surface area (Å²) in [4.78, 5) is 129. The van der Waals surface area contributed by atoms with Gasteiger partial charge >= 0.3 is 5.97 Å². The first-order valence-corrected chi connectivity index (χ1v) is 23.8. The highest BCUT2D eigenvalue weighted by atomic mass is 19.1. The molecule has 2 aromatic heterocycles. The molecule has 0 saturated carbocycles. The van der Waals surface area contributed by atoms with Crippen molar-refractivity contribution < 1.29 is 52.3 Å². The van der Waals surface area contributed by atoms with Crippen molar-refractivity contribution in [3.05, 3.63) is 97.6 Å². The molecule has 0 bridgehead atoms. The number of cyclic esters (lactones) is 1. The van der Waals surface area contributed by atoms with Gasteiger partial charge in [-0.15, -0.1) is 0 Å². The van der Waals surface area contributed by atoms with Crippen LogP contribution >= 0.6 is 0 Å².